The topological polar surface area (TPSA) is 295 Å². The van der Waals surface area contributed by atoms with Gasteiger partial charge >= 0.3 is 18.2 Å². The molecule has 21 nitrogen and oxygen atoms in total. The van der Waals surface area contributed by atoms with E-state index < -0.39 is 47.3 Å². The molecule has 5 heterocycles. The Kier molecular flexibility index (Phi) is 22.4. The number of nitrogens with zero attached hydrogens (tertiary/aromatic N) is 1. The van der Waals surface area contributed by atoms with Crippen LogP contribution in [-0.2, 0) is 58.3 Å². The van der Waals surface area contributed by atoms with Gasteiger partial charge in [0.2, 0.25) is 23.4 Å². The number of ether oxygens (including phenoxy) is 5. The number of halogens is 3. The number of hydrogen-bond acceptors (Lipinski definition) is 17. The van der Waals surface area contributed by atoms with Crippen molar-refractivity contribution in [3.8, 4) is 11.5 Å². The van der Waals surface area contributed by atoms with Crippen molar-refractivity contribution < 1.29 is 70.4 Å². The largest absolute Gasteiger partial charge is 0.493 e. The Bertz CT molecular complexity index is 2550. The number of unbranched alkanes of at least 4 members (excludes halogenated alkanes) is 1. The zero-order valence-corrected chi connectivity index (χ0v) is 44.7. The fourth-order valence-electron chi connectivity index (χ4n) is 8.72. The molecule has 3 aromatic rings. The molecule has 78 heavy (non-hydrogen) atoms. The summed E-state index contributed by atoms with van der Waals surface area (Å²) in [5.41, 5.74) is 3.55. The molecule has 0 aliphatic carbocycles. The standard InChI is InChI=1S/C52H66F3N9O12S2/c1-2-33-30-58-36(17-22-75-37-15-9-32(10-16-37)27-42-48(69)62-50(71)78-42)28-40(33)76-44(66)29-38(59-46(67)34-11-13-35(14-12-34)51(63-64-51)52(53,54)55)47(68)57-19-6-21-73-24-26-74-25-23-72-20-5-18-56-43(65)8-4-3-7-41-45-39(31-77-41)60-49(70)61-45/h9-16,28,30,38-39,41-42,45,63-64H,2-8,17-27,29,31H2,1H3,(H,56,65)(H,57,68)(H,59,67)(H2,60,61,70)(H,62,69,71)/t38-,39+,41+,42?,45+/m1/s1. The van der Waals surface area contributed by atoms with Crippen LogP contribution in [-0.4, -0.2) is 146 Å². The van der Waals surface area contributed by atoms with E-state index in [2.05, 4.69) is 47.7 Å². The number of hydrogen-bond donors (Lipinski definition) is 8. The summed E-state index contributed by atoms with van der Waals surface area (Å²) in [7, 11) is 0. The number of thioether (sulfide) groups is 2. The van der Waals surface area contributed by atoms with Gasteiger partial charge < -0.3 is 50.3 Å². The van der Waals surface area contributed by atoms with Crippen LogP contribution < -0.4 is 52.2 Å². The molecule has 1 aromatic heterocycles. The van der Waals surface area contributed by atoms with E-state index in [0.717, 1.165) is 54.5 Å². The van der Waals surface area contributed by atoms with Crippen LogP contribution in [0.2, 0.25) is 0 Å². The lowest BCUT2D eigenvalue weighted by molar-refractivity contribution is -0.165. The summed E-state index contributed by atoms with van der Waals surface area (Å²) in [6.45, 7) is 4.71. The van der Waals surface area contributed by atoms with Gasteiger partial charge in [0.25, 0.3) is 11.1 Å². The fourth-order valence-corrected chi connectivity index (χ4v) is 11.1. The highest BCUT2D eigenvalue weighted by Gasteiger charge is 2.65. The number of carbonyl (C=O) groups is 7. The number of nitrogens with one attached hydrogen (secondary N) is 8. The minimum absolute atomic E-state index is 0.0123. The number of urea groups is 1. The SMILES string of the molecule is CCc1cnc(CCOc2ccc(CC3SC(=O)NC3=O)cc2)cc1OC(=O)C[C@@H](NC(=O)c1ccc(C2(C(F)(F)F)NN2)cc1)C(=O)NCCCOCCOCCOCCCNC(=O)CCCC[C@@H]1SC[C@@H]2NC(=O)N[C@@H]21. The van der Waals surface area contributed by atoms with Crippen molar-refractivity contribution in [2.75, 3.05) is 65.1 Å². The van der Waals surface area contributed by atoms with Crippen molar-refractivity contribution in [2.45, 2.75) is 112 Å². The van der Waals surface area contributed by atoms with Gasteiger partial charge in [0.1, 0.15) is 17.5 Å². The molecule has 4 aliphatic rings. The number of imide groups is 1. The Morgan fingerprint density at radius 2 is 1.54 bits per heavy atom. The zero-order valence-electron chi connectivity index (χ0n) is 43.1. The lowest BCUT2D eigenvalue weighted by Crippen LogP contribution is -2.48. The van der Waals surface area contributed by atoms with Crippen LogP contribution in [0.3, 0.4) is 0 Å². The molecule has 424 valence electrons. The number of hydrazine groups is 1. The van der Waals surface area contributed by atoms with Gasteiger partial charge in [0, 0.05) is 79.2 Å². The highest BCUT2D eigenvalue weighted by atomic mass is 32.2. The van der Waals surface area contributed by atoms with Gasteiger partial charge in [-0.2, -0.15) is 24.9 Å². The number of esters is 1. The maximum Gasteiger partial charge on any atom is 0.426 e. The van der Waals surface area contributed by atoms with Crippen molar-refractivity contribution in [3.05, 3.63) is 88.7 Å². The molecule has 4 saturated heterocycles. The first-order valence-electron chi connectivity index (χ1n) is 26.0. The van der Waals surface area contributed by atoms with Crippen LogP contribution in [0.1, 0.15) is 84.6 Å². The van der Waals surface area contributed by atoms with Gasteiger partial charge in [-0.3, -0.25) is 39.1 Å². The molecule has 8 N–H and O–H groups in total. The quantitative estimate of drug-likeness (QED) is 0.0186. The number of aryl methyl sites for hydroxylation is 1. The zero-order chi connectivity index (χ0) is 55.5. The van der Waals surface area contributed by atoms with Crippen LogP contribution >= 0.6 is 23.5 Å². The summed E-state index contributed by atoms with van der Waals surface area (Å²) >= 11 is 2.83. The van der Waals surface area contributed by atoms with Crippen LogP contribution in [0.25, 0.3) is 0 Å². The molecule has 4 fully saturated rings. The molecular formula is C52H66F3N9O12S2. The van der Waals surface area contributed by atoms with E-state index in [4.69, 9.17) is 23.7 Å². The molecule has 7 amide bonds. The minimum atomic E-state index is -4.66. The Labute approximate surface area is 457 Å². The van der Waals surface area contributed by atoms with Gasteiger partial charge in [-0.1, -0.05) is 49.4 Å². The van der Waals surface area contributed by atoms with E-state index in [9.17, 15) is 46.7 Å². The van der Waals surface area contributed by atoms with Crippen molar-refractivity contribution in [3.63, 3.8) is 0 Å². The second-order valence-electron chi connectivity index (χ2n) is 18.8. The number of benzene rings is 2. The van der Waals surface area contributed by atoms with E-state index >= 15 is 0 Å². The summed E-state index contributed by atoms with van der Waals surface area (Å²) in [5.74, 6) is -0.981. The summed E-state index contributed by atoms with van der Waals surface area (Å²) in [6, 6.07) is 12.2. The number of alkyl halides is 3. The van der Waals surface area contributed by atoms with E-state index in [1.807, 2.05) is 30.8 Å². The van der Waals surface area contributed by atoms with Crippen molar-refractivity contribution in [1.29, 1.82) is 0 Å². The van der Waals surface area contributed by atoms with Crippen LogP contribution in [0.5, 0.6) is 11.5 Å². The van der Waals surface area contributed by atoms with Crippen molar-refractivity contribution in [2.24, 2.45) is 0 Å². The van der Waals surface area contributed by atoms with Crippen LogP contribution in [0.15, 0.2) is 60.8 Å². The number of aromatic nitrogens is 1. The van der Waals surface area contributed by atoms with Crippen molar-refractivity contribution >= 4 is 64.4 Å². The first-order valence-corrected chi connectivity index (χ1v) is 27.9. The van der Waals surface area contributed by atoms with Gasteiger partial charge in [0.15, 0.2) is 0 Å². The van der Waals surface area contributed by atoms with Gasteiger partial charge in [-0.05, 0) is 73.9 Å². The highest BCUT2D eigenvalue weighted by molar-refractivity contribution is 8.15. The summed E-state index contributed by atoms with van der Waals surface area (Å²) < 4.78 is 69.5. The third-order valence-corrected chi connectivity index (χ3v) is 15.6. The molecule has 2 aromatic carbocycles. The number of carbonyl (C=O) groups excluding carboxylic acids is 7. The molecule has 26 heteroatoms. The molecular weight excluding hydrogens is 1060 g/mol. The summed E-state index contributed by atoms with van der Waals surface area (Å²) in [4.78, 5) is 92.3. The predicted octanol–water partition coefficient (Wildman–Crippen LogP) is 3.86. The second kappa shape index (κ2) is 29.3. The second-order valence-corrected chi connectivity index (χ2v) is 21.2. The van der Waals surface area contributed by atoms with Gasteiger partial charge in [-0.15, -0.1) is 0 Å². The maximum absolute atomic E-state index is 13.7. The van der Waals surface area contributed by atoms with Gasteiger partial charge in [-0.25, -0.2) is 15.6 Å². The normalized spacial score (nSPS) is 19.5. The number of rotatable bonds is 33. The molecule has 7 rings (SSSR count). The third kappa shape index (κ3) is 17.7. The Morgan fingerprint density at radius 1 is 0.846 bits per heavy atom. The first kappa shape index (κ1) is 59.6. The number of amides is 7. The van der Waals surface area contributed by atoms with E-state index in [0.29, 0.717) is 93.8 Å². The Hall–Kier alpha value is -6.03. The Balaban J connectivity index is 0.788. The average molecular weight is 1130 g/mol. The lowest BCUT2D eigenvalue weighted by atomic mass is 10.0. The number of pyridine rings is 1. The monoisotopic (exact) mass is 1130 g/mol. The third-order valence-electron chi connectivity index (χ3n) is 13.1. The average Bonchev–Trinajstić information content (AvgIpc) is 4.13. The van der Waals surface area contributed by atoms with E-state index in [-0.39, 0.29) is 78.4 Å². The minimum Gasteiger partial charge on any atom is -0.493 e. The van der Waals surface area contributed by atoms with Crippen molar-refractivity contribution in [1.82, 2.24) is 47.7 Å². The molecule has 4 aliphatic heterocycles. The fraction of sp³-hybridized carbons (Fsp3) is 0.538. The molecule has 0 radical (unpaired) electrons. The maximum atomic E-state index is 13.7. The molecule has 5 atom stereocenters. The highest BCUT2D eigenvalue weighted by Crippen LogP contribution is 2.42. The number of fused-ring (bicyclic) bond motifs is 1. The lowest BCUT2D eigenvalue weighted by Gasteiger charge is -2.19. The van der Waals surface area contributed by atoms with E-state index in [1.54, 1.807) is 24.4 Å². The summed E-state index contributed by atoms with van der Waals surface area (Å²) in [6.07, 6.45) is 1.67. The predicted molar refractivity (Wildman–Crippen MR) is 281 cm³/mol. The van der Waals surface area contributed by atoms with Crippen LogP contribution in [0, 0.1) is 0 Å². The Morgan fingerprint density at radius 3 is 2.19 bits per heavy atom. The first-order chi connectivity index (χ1) is 37.6. The van der Waals surface area contributed by atoms with Gasteiger partial charge in [0.05, 0.1) is 56.8 Å². The van der Waals surface area contributed by atoms with Crippen LogP contribution in [0.4, 0.5) is 22.8 Å². The molecule has 0 spiro atoms. The molecule has 0 saturated carbocycles. The molecule has 1 unspecified atom stereocenters. The van der Waals surface area contributed by atoms with E-state index in [1.165, 1.54) is 12.1 Å². The summed E-state index contributed by atoms with van der Waals surface area (Å²) in [5, 5.41) is 15.9. The molecule has 0 bridgehead atoms. The smallest absolute Gasteiger partial charge is 0.426 e.